The Balaban J connectivity index is 4.18. The molecule has 0 atom stereocenters. The van der Waals surface area contributed by atoms with Crippen molar-refractivity contribution in [1.29, 1.82) is 0 Å². The Morgan fingerprint density at radius 2 is 1.94 bits per heavy atom. The molecule has 6 nitrogen and oxygen atoms in total. The Labute approximate surface area is 110 Å². The van der Waals surface area contributed by atoms with Crippen molar-refractivity contribution in [3.8, 4) is 0 Å². The van der Waals surface area contributed by atoms with Gasteiger partial charge in [0, 0.05) is 19.6 Å². The number of nitrogens with two attached hydrogens (primary N) is 1. The van der Waals surface area contributed by atoms with E-state index in [9.17, 15) is 8.42 Å². The first-order valence-electron chi connectivity index (χ1n) is 5.99. The maximum atomic E-state index is 11.8. The maximum Gasteiger partial charge on any atom is 0.215 e. The Kier molecular flexibility index (Phi) is 7.61. The average molecular weight is 276 g/mol. The third kappa shape index (κ3) is 6.61. The Morgan fingerprint density at radius 1 is 1.39 bits per heavy atom. The lowest BCUT2D eigenvalue weighted by Crippen LogP contribution is -2.39. The van der Waals surface area contributed by atoms with Crippen LogP contribution in [0.1, 0.15) is 20.8 Å². The normalized spacial score (nSPS) is 12.8. The van der Waals surface area contributed by atoms with E-state index in [2.05, 4.69) is 16.9 Å². The molecule has 0 aliphatic heterocycles. The summed E-state index contributed by atoms with van der Waals surface area (Å²) in [6, 6.07) is 0. The summed E-state index contributed by atoms with van der Waals surface area (Å²) in [7, 11) is -3.21. The molecule has 7 heteroatoms. The van der Waals surface area contributed by atoms with Gasteiger partial charge in [-0.15, -0.1) is 0 Å². The van der Waals surface area contributed by atoms with Gasteiger partial charge in [-0.3, -0.25) is 0 Å². The van der Waals surface area contributed by atoms with Crippen LogP contribution >= 0.6 is 0 Å². The standard InChI is InChI=1S/C11H24N4O2S/c1-5-15(6-2)18(16,17)8-7-13-11(12)14-9-10(3)4/h3,5-9H2,1-2,4H3,(H3,12,13,14). The van der Waals surface area contributed by atoms with Gasteiger partial charge in [0.1, 0.15) is 0 Å². The van der Waals surface area contributed by atoms with Crippen LogP contribution in [0.25, 0.3) is 0 Å². The van der Waals surface area contributed by atoms with E-state index >= 15 is 0 Å². The number of nitrogens with one attached hydrogen (secondary N) is 1. The van der Waals surface area contributed by atoms with Crippen LogP contribution in [-0.2, 0) is 10.0 Å². The number of nitrogens with zero attached hydrogens (tertiary/aromatic N) is 2. The van der Waals surface area contributed by atoms with E-state index in [1.54, 1.807) is 0 Å². The molecule has 0 amide bonds. The van der Waals surface area contributed by atoms with Crippen LogP contribution in [0.5, 0.6) is 0 Å². The fourth-order valence-electron chi connectivity index (χ4n) is 1.33. The van der Waals surface area contributed by atoms with E-state index in [4.69, 9.17) is 5.73 Å². The van der Waals surface area contributed by atoms with Crippen LogP contribution < -0.4 is 11.1 Å². The largest absolute Gasteiger partial charge is 0.370 e. The Morgan fingerprint density at radius 3 is 2.39 bits per heavy atom. The minimum atomic E-state index is -3.21. The topological polar surface area (TPSA) is 87.8 Å². The fraction of sp³-hybridized carbons (Fsp3) is 0.727. The Bertz CT molecular complexity index is 386. The molecule has 0 fully saturated rings. The second-order valence-electron chi connectivity index (χ2n) is 3.99. The van der Waals surface area contributed by atoms with Crippen LogP contribution in [-0.4, -0.2) is 50.6 Å². The number of hydrogen-bond donors (Lipinski definition) is 2. The quantitative estimate of drug-likeness (QED) is 0.375. The molecule has 0 aromatic rings. The summed E-state index contributed by atoms with van der Waals surface area (Å²) in [5, 5.41) is 2.78. The summed E-state index contributed by atoms with van der Waals surface area (Å²) >= 11 is 0. The highest BCUT2D eigenvalue weighted by Gasteiger charge is 2.17. The van der Waals surface area contributed by atoms with Crippen molar-refractivity contribution in [3.63, 3.8) is 0 Å². The lowest BCUT2D eigenvalue weighted by molar-refractivity contribution is 0.445. The summed E-state index contributed by atoms with van der Waals surface area (Å²) in [6.45, 7) is 10.8. The summed E-state index contributed by atoms with van der Waals surface area (Å²) in [5.74, 6) is 0.255. The van der Waals surface area contributed by atoms with E-state index in [0.717, 1.165) is 5.57 Å². The number of sulfonamides is 1. The molecule has 0 spiro atoms. The van der Waals surface area contributed by atoms with Crippen LogP contribution in [0, 0.1) is 0 Å². The third-order valence-corrected chi connectivity index (χ3v) is 4.31. The molecule has 0 rings (SSSR count). The second-order valence-corrected chi connectivity index (χ2v) is 6.07. The second kappa shape index (κ2) is 8.10. The minimum absolute atomic E-state index is 0.0119. The number of guanidine groups is 1. The van der Waals surface area contributed by atoms with Gasteiger partial charge in [-0.1, -0.05) is 26.0 Å². The zero-order valence-electron chi connectivity index (χ0n) is 11.4. The Hall–Kier alpha value is -1.08. The third-order valence-electron chi connectivity index (χ3n) is 2.28. The number of aliphatic imine (C=N–C) groups is 1. The molecule has 0 aliphatic carbocycles. The predicted octanol–water partition coefficient (Wildman–Crippen LogP) is 0.138. The molecule has 0 heterocycles. The van der Waals surface area contributed by atoms with Crippen LogP contribution in [0.3, 0.4) is 0 Å². The first kappa shape index (κ1) is 16.9. The minimum Gasteiger partial charge on any atom is -0.370 e. The molecular formula is C11H24N4O2S. The van der Waals surface area contributed by atoms with Gasteiger partial charge in [0.2, 0.25) is 10.0 Å². The predicted molar refractivity (Wildman–Crippen MR) is 76.0 cm³/mol. The van der Waals surface area contributed by atoms with Gasteiger partial charge >= 0.3 is 0 Å². The first-order chi connectivity index (χ1) is 8.33. The molecule has 0 saturated carbocycles. The van der Waals surface area contributed by atoms with Gasteiger partial charge in [0.15, 0.2) is 5.96 Å². The highest BCUT2D eigenvalue weighted by Crippen LogP contribution is 1.99. The molecule has 3 N–H and O–H groups in total. The molecule has 0 saturated heterocycles. The monoisotopic (exact) mass is 276 g/mol. The molecule has 0 aromatic heterocycles. The summed E-state index contributed by atoms with van der Waals surface area (Å²) in [4.78, 5) is 4.00. The van der Waals surface area contributed by atoms with Crippen LogP contribution in [0.15, 0.2) is 17.1 Å². The van der Waals surface area contributed by atoms with Gasteiger partial charge in [0.25, 0.3) is 0 Å². The maximum absolute atomic E-state index is 11.8. The first-order valence-corrected chi connectivity index (χ1v) is 7.60. The van der Waals surface area contributed by atoms with Crippen molar-refractivity contribution >= 4 is 16.0 Å². The smallest absolute Gasteiger partial charge is 0.215 e. The SMILES string of the molecule is C=C(C)CN=C(N)NCCS(=O)(=O)N(CC)CC. The molecule has 0 radical (unpaired) electrons. The van der Waals surface area contributed by atoms with Gasteiger partial charge < -0.3 is 11.1 Å². The van der Waals surface area contributed by atoms with E-state index < -0.39 is 10.0 Å². The van der Waals surface area contributed by atoms with Crippen molar-refractivity contribution < 1.29 is 8.42 Å². The van der Waals surface area contributed by atoms with Gasteiger partial charge in [-0.25, -0.2) is 17.7 Å². The van der Waals surface area contributed by atoms with Gasteiger partial charge in [-0.05, 0) is 6.92 Å². The van der Waals surface area contributed by atoms with Crippen molar-refractivity contribution in [2.24, 2.45) is 10.7 Å². The van der Waals surface area contributed by atoms with Gasteiger partial charge in [0.05, 0.1) is 12.3 Å². The average Bonchev–Trinajstić information content (AvgIpc) is 2.27. The zero-order valence-corrected chi connectivity index (χ0v) is 12.3. The molecule has 0 bridgehead atoms. The van der Waals surface area contributed by atoms with E-state index in [0.29, 0.717) is 19.6 Å². The number of hydrogen-bond acceptors (Lipinski definition) is 3. The lowest BCUT2D eigenvalue weighted by atomic mass is 10.4. The fourth-order valence-corrected chi connectivity index (χ4v) is 2.74. The highest BCUT2D eigenvalue weighted by molar-refractivity contribution is 7.89. The summed E-state index contributed by atoms with van der Waals surface area (Å²) in [6.07, 6.45) is 0. The van der Waals surface area contributed by atoms with E-state index in [1.807, 2.05) is 20.8 Å². The summed E-state index contributed by atoms with van der Waals surface area (Å²) < 4.78 is 25.1. The molecule has 106 valence electrons. The van der Waals surface area contributed by atoms with Crippen molar-refractivity contribution in [2.75, 3.05) is 31.9 Å². The highest BCUT2D eigenvalue weighted by atomic mass is 32.2. The van der Waals surface area contributed by atoms with Crippen LogP contribution in [0.2, 0.25) is 0 Å². The molecule has 0 aliphatic rings. The molecule has 18 heavy (non-hydrogen) atoms. The molecular weight excluding hydrogens is 252 g/mol. The van der Waals surface area contributed by atoms with Crippen molar-refractivity contribution in [2.45, 2.75) is 20.8 Å². The van der Waals surface area contributed by atoms with E-state index in [-0.39, 0.29) is 18.3 Å². The van der Waals surface area contributed by atoms with Gasteiger partial charge in [-0.2, -0.15) is 0 Å². The van der Waals surface area contributed by atoms with Crippen LogP contribution in [0.4, 0.5) is 0 Å². The van der Waals surface area contributed by atoms with Crippen molar-refractivity contribution in [1.82, 2.24) is 9.62 Å². The lowest BCUT2D eigenvalue weighted by Gasteiger charge is -2.18. The number of rotatable bonds is 8. The zero-order chi connectivity index (χ0) is 14.2. The molecule has 0 aromatic carbocycles. The van der Waals surface area contributed by atoms with Crippen molar-refractivity contribution in [3.05, 3.63) is 12.2 Å². The van der Waals surface area contributed by atoms with E-state index in [1.165, 1.54) is 4.31 Å². The molecule has 0 unspecified atom stereocenters. The summed E-state index contributed by atoms with van der Waals surface area (Å²) in [5.41, 5.74) is 6.48.